The summed E-state index contributed by atoms with van der Waals surface area (Å²) in [5.41, 5.74) is 10.8. The Bertz CT molecular complexity index is 441. The Hall–Kier alpha value is -0.860. The van der Waals surface area contributed by atoms with E-state index in [1.165, 1.54) is 50.5 Å². The van der Waals surface area contributed by atoms with Crippen molar-refractivity contribution in [2.45, 2.75) is 63.6 Å². The van der Waals surface area contributed by atoms with Crippen LogP contribution in [0.15, 0.2) is 18.2 Å². The van der Waals surface area contributed by atoms with Crippen LogP contribution in [0.1, 0.15) is 48.8 Å². The molecule has 2 aliphatic rings. The van der Waals surface area contributed by atoms with Gasteiger partial charge in [0.1, 0.15) is 0 Å². The van der Waals surface area contributed by atoms with E-state index in [9.17, 15) is 0 Å². The fourth-order valence-corrected chi connectivity index (χ4v) is 3.81. The molecule has 1 aromatic carbocycles. The van der Waals surface area contributed by atoms with Crippen LogP contribution in [0, 0.1) is 0 Å². The molecule has 19 heavy (non-hydrogen) atoms. The normalized spacial score (nSPS) is 26.7. The zero-order chi connectivity index (χ0) is 13.2. The van der Waals surface area contributed by atoms with Gasteiger partial charge in [-0.2, -0.15) is 0 Å². The van der Waals surface area contributed by atoms with Crippen molar-refractivity contribution >= 4 is 0 Å². The molecule has 1 aromatic rings. The van der Waals surface area contributed by atoms with E-state index in [0.29, 0.717) is 12.1 Å². The van der Waals surface area contributed by atoms with Crippen LogP contribution >= 0.6 is 0 Å². The van der Waals surface area contributed by atoms with E-state index in [2.05, 4.69) is 30.1 Å². The van der Waals surface area contributed by atoms with Gasteiger partial charge >= 0.3 is 0 Å². The van der Waals surface area contributed by atoms with Crippen molar-refractivity contribution in [2.75, 3.05) is 7.05 Å². The maximum atomic E-state index is 6.20. The van der Waals surface area contributed by atoms with E-state index in [1.807, 2.05) is 0 Å². The molecule has 2 nitrogen and oxygen atoms in total. The molecule has 104 valence electrons. The van der Waals surface area contributed by atoms with Gasteiger partial charge in [0.05, 0.1) is 0 Å². The molecular formula is C17H26N2. The Morgan fingerprint density at radius 2 is 1.89 bits per heavy atom. The largest absolute Gasteiger partial charge is 0.326 e. The first-order valence-electron chi connectivity index (χ1n) is 7.80. The number of hydrogen-bond donors (Lipinski definition) is 1. The number of nitrogens with zero attached hydrogens (tertiary/aromatic N) is 1. The molecule has 2 atom stereocenters. The topological polar surface area (TPSA) is 29.3 Å². The Labute approximate surface area is 117 Å². The highest BCUT2D eigenvalue weighted by Crippen LogP contribution is 2.25. The third kappa shape index (κ3) is 2.85. The van der Waals surface area contributed by atoms with E-state index in [-0.39, 0.29) is 0 Å². The predicted molar refractivity (Wildman–Crippen MR) is 80.2 cm³/mol. The summed E-state index contributed by atoms with van der Waals surface area (Å²) < 4.78 is 0. The van der Waals surface area contributed by atoms with Crippen molar-refractivity contribution < 1.29 is 0 Å². The maximum Gasteiger partial charge on any atom is 0.0247 e. The zero-order valence-electron chi connectivity index (χ0n) is 12.1. The molecule has 0 saturated heterocycles. The minimum absolute atomic E-state index is 0.377. The van der Waals surface area contributed by atoms with Crippen molar-refractivity contribution in [1.29, 1.82) is 0 Å². The summed E-state index contributed by atoms with van der Waals surface area (Å²) in [5, 5.41) is 0. The van der Waals surface area contributed by atoms with Gasteiger partial charge in [0.25, 0.3) is 0 Å². The molecule has 1 fully saturated rings. The number of benzene rings is 1. The van der Waals surface area contributed by atoms with Crippen LogP contribution in [0.5, 0.6) is 0 Å². The summed E-state index contributed by atoms with van der Waals surface area (Å²) in [5.74, 6) is 0. The second-order valence-corrected chi connectivity index (χ2v) is 6.39. The molecule has 0 radical (unpaired) electrons. The number of rotatable bonds is 3. The van der Waals surface area contributed by atoms with Crippen molar-refractivity contribution in [3.05, 3.63) is 34.9 Å². The van der Waals surface area contributed by atoms with Gasteiger partial charge in [0.2, 0.25) is 0 Å². The van der Waals surface area contributed by atoms with Crippen LogP contribution < -0.4 is 5.73 Å². The monoisotopic (exact) mass is 258 g/mol. The van der Waals surface area contributed by atoms with Crippen molar-refractivity contribution in [3.63, 3.8) is 0 Å². The molecule has 0 amide bonds. The lowest BCUT2D eigenvalue weighted by molar-refractivity contribution is 0.220. The number of nitrogens with two attached hydrogens (primary N) is 1. The van der Waals surface area contributed by atoms with Crippen LogP contribution in [-0.4, -0.2) is 24.0 Å². The van der Waals surface area contributed by atoms with Crippen molar-refractivity contribution in [1.82, 2.24) is 4.90 Å². The first-order valence-corrected chi connectivity index (χ1v) is 7.80. The highest BCUT2D eigenvalue weighted by molar-refractivity contribution is 5.33. The lowest BCUT2D eigenvalue weighted by atomic mass is 9.90. The first-order chi connectivity index (χ1) is 9.24. The average Bonchev–Trinajstić information content (AvgIpc) is 2.85. The first kappa shape index (κ1) is 13.1. The summed E-state index contributed by atoms with van der Waals surface area (Å²) in [6.07, 6.45) is 9.03. The SMILES string of the molecule is CN(Cc1ccc2c(c1)CCCC2)C1CCCC1N. The van der Waals surface area contributed by atoms with Gasteiger partial charge in [0.15, 0.2) is 0 Å². The minimum Gasteiger partial charge on any atom is -0.326 e. The summed E-state index contributed by atoms with van der Waals surface area (Å²) in [6.45, 7) is 1.05. The number of hydrogen-bond acceptors (Lipinski definition) is 2. The van der Waals surface area contributed by atoms with Crippen molar-refractivity contribution in [3.8, 4) is 0 Å². The molecule has 2 heteroatoms. The third-order valence-corrected chi connectivity index (χ3v) is 4.94. The summed E-state index contributed by atoms with van der Waals surface area (Å²) in [6, 6.07) is 8.07. The van der Waals surface area contributed by atoms with Crippen LogP contribution in [0.3, 0.4) is 0 Å². The smallest absolute Gasteiger partial charge is 0.0247 e. The third-order valence-electron chi connectivity index (χ3n) is 4.94. The fraction of sp³-hybridized carbons (Fsp3) is 0.647. The van der Waals surface area contributed by atoms with E-state index < -0.39 is 0 Å². The summed E-state index contributed by atoms with van der Waals surface area (Å²) in [7, 11) is 2.23. The highest BCUT2D eigenvalue weighted by atomic mass is 15.1. The molecule has 0 heterocycles. The highest BCUT2D eigenvalue weighted by Gasteiger charge is 2.27. The second-order valence-electron chi connectivity index (χ2n) is 6.39. The standard InChI is InChI=1S/C17H26N2/c1-19(17-8-4-7-16(17)18)12-13-9-10-14-5-2-3-6-15(14)11-13/h9-11,16-17H,2-8,12,18H2,1H3. The van der Waals surface area contributed by atoms with E-state index in [1.54, 1.807) is 11.1 Å². The lowest BCUT2D eigenvalue weighted by Gasteiger charge is -2.28. The molecule has 0 spiro atoms. The molecule has 2 N–H and O–H groups in total. The molecule has 2 aliphatic carbocycles. The van der Waals surface area contributed by atoms with Gasteiger partial charge in [0, 0.05) is 18.6 Å². The Morgan fingerprint density at radius 1 is 1.11 bits per heavy atom. The molecular weight excluding hydrogens is 232 g/mol. The predicted octanol–water partition coefficient (Wildman–Crippen LogP) is 2.88. The average molecular weight is 258 g/mol. The van der Waals surface area contributed by atoms with Gasteiger partial charge in [-0.1, -0.05) is 24.6 Å². The Balaban J connectivity index is 1.69. The van der Waals surface area contributed by atoms with E-state index in [0.717, 1.165) is 6.54 Å². The van der Waals surface area contributed by atoms with Gasteiger partial charge < -0.3 is 5.73 Å². The molecule has 0 aromatic heterocycles. The lowest BCUT2D eigenvalue weighted by Crippen LogP contribution is -2.41. The fourth-order valence-electron chi connectivity index (χ4n) is 3.81. The van der Waals surface area contributed by atoms with Gasteiger partial charge in [-0.3, -0.25) is 4.90 Å². The zero-order valence-corrected chi connectivity index (χ0v) is 12.1. The number of likely N-dealkylation sites (N-methyl/N-ethyl adjacent to an activating group) is 1. The number of fused-ring (bicyclic) bond motifs is 1. The summed E-state index contributed by atoms with van der Waals surface area (Å²) in [4.78, 5) is 2.46. The van der Waals surface area contributed by atoms with Gasteiger partial charge in [-0.15, -0.1) is 0 Å². The quantitative estimate of drug-likeness (QED) is 0.903. The van der Waals surface area contributed by atoms with Gasteiger partial charge in [-0.05, 0) is 62.3 Å². The molecule has 1 saturated carbocycles. The Morgan fingerprint density at radius 3 is 2.63 bits per heavy atom. The van der Waals surface area contributed by atoms with Crippen LogP contribution in [-0.2, 0) is 19.4 Å². The van der Waals surface area contributed by atoms with E-state index in [4.69, 9.17) is 5.73 Å². The van der Waals surface area contributed by atoms with Crippen LogP contribution in [0.4, 0.5) is 0 Å². The maximum absolute atomic E-state index is 6.20. The minimum atomic E-state index is 0.377. The second kappa shape index (κ2) is 5.64. The summed E-state index contributed by atoms with van der Waals surface area (Å²) >= 11 is 0. The molecule has 3 rings (SSSR count). The van der Waals surface area contributed by atoms with Crippen LogP contribution in [0.2, 0.25) is 0 Å². The molecule has 0 bridgehead atoms. The van der Waals surface area contributed by atoms with Crippen LogP contribution in [0.25, 0.3) is 0 Å². The van der Waals surface area contributed by atoms with Crippen molar-refractivity contribution in [2.24, 2.45) is 5.73 Å². The molecule has 2 unspecified atom stereocenters. The van der Waals surface area contributed by atoms with E-state index >= 15 is 0 Å². The van der Waals surface area contributed by atoms with Gasteiger partial charge in [-0.25, -0.2) is 0 Å². The Kier molecular flexibility index (Phi) is 3.90. The molecule has 0 aliphatic heterocycles. The number of aryl methyl sites for hydroxylation is 2.